The molecule has 0 bridgehead atoms. The number of esters is 1. The van der Waals surface area contributed by atoms with Crippen LogP contribution >= 0.6 is 0 Å². The minimum absolute atomic E-state index is 0.0775. The van der Waals surface area contributed by atoms with Crippen LogP contribution in [0.15, 0.2) is 54.6 Å². The molecular formula is C23H28O2. The summed E-state index contributed by atoms with van der Waals surface area (Å²) in [6, 6.07) is 18.9. The summed E-state index contributed by atoms with van der Waals surface area (Å²) < 4.78 is 5.71. The van der Waals surface area contributed by atoms with Crippen LogP contribution in [0.2, 0.25) is 0 Å². The first-order valence-electron chi connectivity index (χ1n) is 9.31. The van der Waals surface area contributed by atoms with Crippen molar-refractivity contribution in [3.63, 3.8) is 0 Å². The van der Waals surface area contributed by atoms with E-state index in [4.69, 9.17) is 4.74 Å². The van der Waals surface area contributed by atoms with Crippen molar-refractivity contribution in [1.82, 2.24) is 0 Å². The fourth-order valence-electron chi connectivity index (χ4n) is 3.81. The quantitative estimate of drug-likeness (QED) is 0.626. The summed E-state index contributed by atoms with van der Waals surface area (Å²) >= 11 is 0. The van der Waals surface area contributed by atoms with Crippen LogP contribution in [0.25, 0.3) is 0 Å². The SMILES string of the molecule is CCC(CC(C)(C)C(=O)OCC1Cc2ccccc21)c1ccccc1. The van der Waals surface area contributed by atoms with E-state index in [1.165, 1.54) is 16.7 Å². The zero-order chi connectivity index (χ0) is 17.9. The molecule has 2 aromatic rings. The zero-order valence-corrected chi connectivity index (χ0v) is 15.5. The average Bonchev–Trinajstić information content (AvgIpc) is 2.61. The molecule has 2 unspecified atom stereocenters. The van der Waals surface area contributed by atoms with Gasteiger partial charge in [0.1, 0.15) is 0 Å². The van der Waals surface area contributed by atoms with Crippen molar-refractivity contribution in [3.8, 4) is 0 Å². The average molecular weight is 336 g/mol. The molecular weight excluding hydrogens is 308 g/mol. The molecule has 0 N–H and O–H groups in total. The van der Waals surface area contributed by atoms with Gasteiger partial charge < -0.3 is 4.74 Å². The van der Waals surface area contributed by atoms with Gasteiger partial charge in [-0.3, -0.25) is 4.79 Å². The molecule has 1 aliphatic carbocycles. The van der Waals surface area contributed by atoms with Gasteiger partial charge in [-0.1, -0.05) is 61.5 Å². The molecule has 3 rings (SSSR count). The lowest BCUT2D eigenvalue weighted by molar-refractivity contribution is -0.155. The van der Waals surface area contributed by atoms with Crippen molar-refractivity contribution in [2.45, 2.75) is 51.9 Å². The monoisotopic (exact) mass is 336 g/mol. The van der Waals surface area contributed by atoms with Gasteiger partial charge in [-0.05, 0) is 55.7 Å². The summed E-state index contributed by atoms with van der Waals surface area (Å²) in [5.74, 6) is 0.673. The van der Waals surface area contributed by atoms with Gasteiger partial charge >= 0.3 is 5.97 Å². The van der Waals surface area contributed by atoms with E-state index in [2.05, 4.69) is 55.5 Å². The molecule has 0 fully saturated rings. The van der Waals surface area contributed by atoms with E-state index in [1.807, 2.05) is 19.9 Å². The number of benzene rings is 2. The molecule has 0 saturated carbocycles. The minimum Gasteiger partial charge on any atom is -0.465 e. The molecule has 0 amide bonds. The van der Waals surface area contributed by atoms with Gasteiger partial charge in [-0.25, -0.2) is 0 Å². The molecule has 132 valence electrons. The third-order valence-corrected chi connectivity index (χ3v) is 5.45. The lowest BCUT2D eigenvalue weighted by atomic mass is 9.77. The molecule has 25 heavy (non-hydrogen) atoms. The fourth-order valence-corrected chi connectivity index (χ4v) is 3.81. The molecule has 1 aliphatic rings. The van der Waals surface area contributed by atoms with Crippen LogP contribution in [0.3, 0.4) is 0 Å². The van der Waals surface area contributed by atoms with E-state index in [0.29, 0.717) is 18.4 Å². The summed E-state index contributed by atoms with van der Waals surface area (Å²) in [4.78, 5) is 12.7. The summed E-state index contributed by atoms with van der Waals surface area (Å²) in [6.07, 6.45) is 2.86. The predicted molar refractivity (Wildman–Crippen MR) is 102 cm³/mol. The third kappa shape index (κ3) is 3.95. The smallest absolute Gasteiger partial charge is 0.311 e. The summed E-state index contributed by atoms with van der Waals surface area (Å²) in [7, 11) is 0. The maximum Gasteiger partial charge on any atom is 0.311 e. The number of fused-ring (bicyclic) bond motifs is 1. The van der Waals surface area contributed by atoms with Gasteiger partial charge in [-0.15, -0.1) is 0 Å². The van der Waals surface area contributed by atoms with Crippen LogP contribution < -0.4 is 0 Å². The predicted octanol–water partition coefficient (Wildman–Crippen LogP) is 5.48. The molecule has 0 saturated heterocycles. The fraction of sp³-hybridized carbons (Fsp3) is 0.435. The van der Waals surface area contributed by atoms with E-state index in [9.17, 15) is 4.79 Å². The number of hydrogen-bond donors (Lipinski definition) is 0. The van der Waals surface area contributed by atoms with Crippen molar-refractivity contribution >= 4 is 5.97 Å². The number of carbonyl (C=O) groups is 1. The molecule has 2 atom stereocenters. The number of hydrogen-bond acceptors (Lipinski definition) is 2. The van der Waals surface area contributed by atoms with Crippen LogP contribution in [-0.4, -0.2) is 12.6 Å². The van der Waals surface area contributed by atoms with Crippen molar-refractivity contribution in [1.29, 1.82) is 0 Å². The molecule has 0 aromatic heterocycles. The van der Waals surface area contributed by atoms with Crippen LogP contribution in [0.1, 0.15) is 62.1 Å². The van der Waals surface area contributed by atoms with Gasteiger partial charge in [0.2, 0.25) is 0 Å². The molecule has 2 aromatic carbocycles. The minimum atomic E-state index is -0.472. The van der Waals surface area contributed by atoms with E-state index < -0.39 is 5.41 Å². The second-order valence-corrected chi connectivity index (χ2v) is 7.80. The van der Waals surface area contributed by atoms with Crippen molar-refractivity contribution < 1.29 is 9.53 Å². The Hall–Kier alpha value is -2.09. The highest BCUT2D eigenvalue weighted by molar-refractivity contribution is 5.76. The lowest BCUT2D eigenvalue weighted by Gasteiger charge is -2.32. The Kier molecular flexibility index (Phi) is 5.27. The highest BCUT2D eigenvalue weighted by atomic mass is 16.5. The third-order valence-electron chi connectivity index (χ3n) is 5.45. The second kappa shape index (κ2) is 7.43. The highest BCUT2D eigenvalue weighted by Gasteiger charge is 2.34. The summed E-state index contributed by atoms with van der Waals surface area (Å²) in [5, 5.41) is 0. The molecule has 0 heterocycles. The summed E-state index contributed by atoms with van der Waals surface area (Å²) in [6.45, 7) is 6.71. The Morgan fingerprint density at radius 1 is 1.12 bits per heavy atom. The Balaban J connectivity index is 1.57. The van der Waals surface area contributed by atoms with Crippen LogP contribution in [0.5, 0.6) is 0 Å². The second-order valence-electron chi connectivity index (χ2n) is 7.80. The zero-order valence-electron chi connectivity index (χ0n) is 15.5. The van der Waals surface area contributed by atoms with Gasteiger partial charge in [0.15, 0.2) is 0 Å². The van der Waals surface area contributed by atoms with E-state index >= 15 is 0 Å². The molecule has 2 nitrogen and oxygen atoms in total. The molecule has 0 radical (unpaired) electrons. The van der Waals surface area contributed by atoms with Crippen molar-refractivity contribution in [3.05, 3.63) is 71.3 Å². The Morgan fingerprint density at radius 2 is 1.80 bits per heavy atom. The van der Waals surface area contributed by atoms with Gasteiger partial charge in [0, 0.05) is 5.92 Å². The van der Waals surface area contributed by atoms with Gasteiger partial charge in [0.05, 0.1) is 12.0 Å². The maximum absolute atomic E-state index is 12.7. The van der Waals surface area contributed by atoms with Crippen molar-refractivity contribution in [2.24, 2.45) is 5.41 Å². The first-order chi connectivity index (χ1) is 12.0. The summed E-state index contributed by atoms with van der Waals surface area (Å²) in [5.41, 5.74) is 3.56. The van der Waals surface area contributed by atoms with Gasteiger partial charge in [-0.2, -0.15) is 0 Å². The van der Waals surface area contributed by atoms with E-state index in [1.54, 1.807) is 0 Å². The number of rotatable bonds is 7. The molecule has 2 heteroatoms. The Morgan fingerprint density at radius 3 is 2.48 bits per heavy atom. The maximum atomic E-state index is 12.7. The van der Waals surface area contributed by atoms with Crippen molar-refractivity contribution in [2.75, 3.05) is 6.61 Å². The lowest BCUT2D eigenvalue weighted by Crippen LogP contribution is -2.31. The highest BCUT2D eigenvalue weighted by Crippen LogP contribution is 2.37. The van der Waals surface area contributed by atoms with Gasteiger partial charge in [0.25, 0.3) is 0 Å². The number of carbonyl (C=O) groups excluding carboxylic acids is 1. The molecule has 0 spiro atoms. The standard InChI is InChI=1S/C23H28O2/c1-4-17(18-10-6-5-7-11-18)15-23(2,3)22(24)25-16-20-14-19-12-8-9-13-21(19)20/h5-13,17,20H,4,14-16H2,1-3H3. The van der Waals surface area contributed by atoms with E-state index in [-0.39, 0.29) is 5.97 Å². The van der Waals surface area contributed by atoms with E-state index in [0.717, 1.165) is 19.3 Å². The molecule has 0 aliphatic heterocycles. The first kappa shape index (κ1) is 17.7. The van der Waals surface area contributed by atoms with Crippen LogP contribution in [-0.2, 0) is 16.0 Å². The largest absolute Gasteiger partial charge is 0.465 e. The normalized spacial score (nSPS) is 17.3. The van der Waals surface area contributed by atoms with Crippen LogP contribution in [0, 0.1) is 5.41 Å². The van der Waals surface area contributed by atoms with Crippen LogP contribution in [0.4, 0.5) is 0 Å². The first-order valence-corrected chi connectivity index (χ1v) is 9.31. The number of ether oxygens (including phenoxy) is 1. The Bertz CT molecular complexity index is 718. The topological polar surface area (TPSA) is 26.3 Å². The Labute approximate surface area is 151 Å².